The van der Waals surface area contributed by atoms with Gasteiger partial charge in [0.1, 0.15) is 5.69 Å². The Morgan fingerprint density at radius 1 is 1.00 bits per heavy atom. The van der Waals surface area contributed by atoms with Crippen LogP contribution in [0.5, 0.6) is 0 Å². The third kappa shape index (κ3) is 5.71. The molecule has 1 aromatic carbocycles. The lowest BCUT2D eigenvalue weighted by atomic mass is 9.81. The smallest absolute Gasteiger partial charge is 0.275 e. The highest BCUT2D eigenvalue weighted by atomic mass is 32.1. The molecule has 6 nitrogen and oxygen atoms in total. The van der Waals surface area contributed by atoms with Crippen molar-refractivity contribution in [2.24, 2.45) is 11.8 Å². The Hall–Kier alpha value is -2.55. The van der Waals surface area contributed by atoms with E-state index in [1.165, 1.54) is 11.3 Å². The summed E-state index contributed by atoms with van der Waals surface area (Å²) in [4.78, 5) is 33.3. The van der Waals surface area contributed by atoms with Gasteiger partial charge in [-0.3, -0.25) is 9.59 Å². The lowest BCUT2D eigenvalue weighted by Gasteiger charge is -2.38. The lowest BCUT2D eigenvalue weighted by Crippen LogP contribution is -2.46. The molecule has 0 atom stereocenters. The maximum absolute atomic E-state index is 13.8. The van der Waals surface area contributed by atoms with Crippen molar-refractivity contribution in [1.29, 1.82) is 0 Å². The molecule has 8 heteroatoms. The van der Waals surface area contributed by atoms with Gasteiger partial charge in [0, 0.05) is 33.3 Å². The molecule has 190 valence electrons. The Balaban J connectivity index is 1.33. The zero-order chi connectivity index (χ0) is 25.1. The first-order valence-electron chi connectivity index (χ1n) is 12.9. The van der Waals surface area contributed by atoms with E-state index in [0.29, 0.717) is 11.6 Å². The second-order valence-electron chi connectivity index (χ2n) is 10.2. The molecule has 0 spiro atoms. The number of thiazole rings is 1. The number of aliphatic hydroxyl groups excluding tert-OH is 1. The Labute approximate surface area is 220 Å². The molecule has 2 heterocycles. The fraction of sp³-hybridized carbons (Fsp3) is 0.464. The first-order valence-corrected chi connectivity index (χ1v) is 14.7. The topological polar surface area (TPSA) is 82.5 Å². The van der Waals surface area contributed by atoms with Gasteiger partial charge in [0.25, 0.3) is 5.91 Å². The lowest BCUT2D eigenvalue weighted by molar-refractivity contribution is -0.124. The van der Waals surface area contributed by atoms with Gasteiger partial charge in [0.15, 0.2) is 0 Å². The van der Waals surface area contributed by atoms with Crippen molar-refractivity contribution in [1.82, 2.24) is 4.98 Å². The van der Waals surface area contributed by atoms with Crippen LogP contribution in [0.3, 0.4) is 0 Å². The number of rotatable bonds is 6. The maximum atomic E-state index is 13.8. The third-order valence-electron chi connectivity index (χ3n) is 7.59. The second kappa shape index (κ2) is 11.2. The molecule has 0 radical (unpaired) electrons. The molecular formula is C28H33N3O3S2. The van der Waals surface area contributed by atoms with Crippen LogP contribution in [0.25, 0.3) is 10.4 Å². The van der Waals surface area contributed by atoms with E-state index < -0.39 is 0 Å². The first-order chi connectivity index (χ1) is 17.5. The number of benzene rings is 1. The van der Waals surface area contributed by atoms with Crippen molar-refractivity contribution < 1.29 is 14.7 Å². The Bertz CT molecular complexity index is 1160. The number of nitrogens with one attached hydrogen (secondary N) is 1. The molecule has 0 aliphatic heterocycles. The van der Waals surface area contributed by atoms with Crippen LogP contribution in [0, 0.1) is 11.8 Å². The van der Waals surface area contributed by atoms with Crippen molar-refractivity contribution in [2.45, 2.75) is 70.4 Å². The van der Waals surface area contributed by atoms with Crippen LogP contribution in [-0.4, -0.2) is 34.1 Å². The van der Waals surface area contributed by atoms with Gasteiger partial charge in [-0.15, -0.1) is 22.7 Å². The molecule has 0 saturated heterocycles. The van der Waals surface area contributed by atoms with Gasteiger partial charge < -0.3 is 15.3 Å². The molecule has 2 aliphatic carbocycles. The number of hydrogen-bond acceptors (Lipinski definition) is 6. The number of aromatic nitrogens is 1. The predicted molar refractivity (Wildman–Crippen MR) is 147 cm³/mol. The minimum Gasteiger partial charge on any atom is -0.393 e. The van der Waals surface area contributed by atoms with Crippen LogP contribution in [0.4, 0.5) is 11.4 Å². The van der Waals surface area contributed by atoms with Crippen LogP contribution >= 0.6 is 22.7 Å². The van der Waals surface area contributed by atoms with E-state index >= 15 is 0 Å². The number of nitrogens with zero attached hydrogens (tertiary/aromatic N) is 2. The fourth-order valence-electron chi connectivity index (χ4n) is 5.38. The molecule has 2 fully saturated rings. The van der Waals surface area contributed by atoms with Crippen molar-refractivity contribution in [3.05, 3.63) is 52.3 Å². The standard InChI is InChI=1S/C28H33N3O3S2/c1-18-2-4-20(5-3-18)28(34)31(22-10-12-24(32)13-11-22)23-14-26(36-15-23)19-6-8-21(9-7-19)30-27(33)25-16-35-17-29-25/h6-9,14-18,20,22,24,32H,2-5,10-13H2,1H3,(H,30,33). The molecule has 2 N–H and O–H groups in total. The van der Waals surface area contributed by atoms with E-state index in [1.54, 1.807) is 22.2 Å². The zero-order valence-corrected chi connectivity index (χ0v) is 22.2. The number of carbonyl (C=O) groups excluding carboxylic acids is 2. The molecule has 2 amide bonds. The summed E-state index contributed by atoms with van der Waals surface area (Å²) in [5.74, 6) is 0.838. The van der Waals surface area contributed by atoms with Gasteiger partial charge in [-0.25, -0.2) is 4.98 Å². The summed E-state index contributed by atoms with van der Waals surface area (Å²) < 4.78 is 0. The van der Waals surface area contributed by atoms with Gasteiger partial charge in [-0.2, -0.15) is 0 Å². The minimum absolute atomic E-state index is 0.0945. The number of anilines is 2. The first kappa shape index (κ1) is 25.1. The highest BCUT2D eigenvalue weighted by Crippen LogP contribution is 2.38. The largest absolute Gasteiger partial charge is 0.393 e. The summed E-state index contributed by atoms with van der Waals surface area (Å²) >= 11 is 3.03. The van der Waals surface area contributed by atoms with E-state index in [1.807, 2.05) is 24.3 Å². The van der Waals surface area contributed by atoms with Crippen LogP contribution in [0.1, 0.15) is 68.8 Å². The normalized spacial score (nSPS) is 24.3. The number of carbonyl (C=O) groups is 2. The van der Waals surface area contributed by atoms with E-state index in [2.05, 4.69) is 33.6 Å². The molecule has 0 bridgehead atoms. The van der Waals surface area contributed by atoms with E-state index in [0.717, 1.165) is 73.2 Å². The van der Waals surface area contributed by atoms with Gasteiger partial charge in [-0.1, -0.05) is 19.1 Å². The van der Waals surface area contributed by atoms with E-state index in [-0.39, 0.29) is 29.9 Å². The highest BCUT2D eigenvalue weighted by Gasteiger charge is 2.35. The molecule has 2 aromatic heterocycles. The molecule has 5 rings (SSSR count). The maximum Gasteiger partial charge on any atom is 0.275 e. The van der Waals surface area contributed by atoms with Gasteiger partial charge in [0.2, 0.25) is 5.91 Å². The average Bonchev–Trinajstić information content (AvgIpc) is 3.59. The fourth-order valence-corrected chi connectivity index (χ4v) is 6.80. The van der Waals surface area contributed by atoms with Crippen molar-refractivity contribution >= 4 is 45.9 Å². The number of hydrogen-bond donors (Lipinski definition) is 2. The minimum atomic E-state index is -0.249. The monoisotopic (exact) mass is 523 g/mol. The van der Waals surface area contributed by atoms with Crippen LogP contribution < -0.4 is 10.2 Å². The quantitative estimate of drug-likeness (QED) is 0.382. The summed E-state index contributed by atoms with van der Waals surface area (Å²) in [7, 11) is 0. The van der Waals surface area contributed by atoms with Gasteiger partial charge >= 0.3 is 0 Å². The average molecular weight is 524 g/mol. The van der Waals surface area contributed by atoms with Crippen LogP contribution in [0.2, 0.25) is 0 Å². The molecule has 3 aromatic rings. The van der Waals surface area contributed by atoms with Crippen molar-refractivity contribution in [3.63, 3.8) is 0 Å². The predicted octanol–water partition coefficient (Wildman–Crippen LogP) is 6.59. The van der Waals surface area contributed by atoms with Crippen molar-refractivity contribution in [3.8, 4) is 10.4 Å². The Morgan fingerprint density at radius 3 is 2.39 bits per heavy atom. The third-order valence-corrected chi connectivity index (χ3v) is 9.14. The molecule has 2 aliphatic rings. The second-order valence-corrected chi connectivity index (χ2v) is 11.8. The van der Waals surface area contributed by atoms with E-state index in [9.17, 15) is 14.7 Å². The zero-order valence-electron chi connectivity index (χ0n) is 20.6. The van der Waals surface area contributed by atoms with Crippen molar-refractivity contribution in [2.75, 3.05) is 10.2 Å². The number of thiophene rings is 1. The number of aliphatic hydroxyl groups is 1. The Morgan fingerprint density at radius 2 is 1.72 bits per heavy atom. The molecular weight excluding hydrogens is 490 g/mol. The van der Waals surface area contributed by atoms with Gasteiger partial charge in [0.05, 0.1) is 17.3 Å². The molecule has 36 heavy (non-hydrogen) atoms. The van der Waals surface area contributed by atoms with Gasteiger partial charge in [-0.05, 0) is 81.0 Å². The Kier molecular flexibility index (Phi) is 7.84. The van der Waals surface area contributed by atoms with E-state index in [4.69, 9.17) is 0 Å². The number of amides is 2. The highest BCUT2D eigenvalue weighted by molar-refractivity contribution is 7.14. The summed E-state index contributed by atoms with van der Waals surface area (Å²) in [6.07, 6.45) is 7.11. The SMILES string of the molecule is CC1CCC(C(=O)N(c2csc(-c3ccc(NC(=O)c4cscn4)cc3)c2)C2CCC(O)CC2)CC1. The molecule has 2 saturated carbocycles. The molecule has 0 unspecified atom stereocenters. The summed E-state index contributed by atoms with van der Waals surface area (Å²) in [5, 5.41) is 16.8. The summed E-state index contributed by atoms with van der Waals surface area (Å²) in [6, 6.07) is 10.1. The summed E-state index contributed by atoms with van der Waals surface area (Å²) in [6.45, 7) is 2.28. The summed E-state index contributed by atoms with van der Waals surface area (Å²) in [5.41, 5.74) is 4.80. The van der Waals surface area contributed by atoms with Crippen LogP contribution in [-0.2, 0) is 4.79 Å². The van der Waals surface area contributed by atoms with Crippen LogP contribution in [0.15, 0.2) is 46.6 Å².